The van der Waals surface area contributed by atoms with E-state index >= 15 is 0 Å². The molecule has 14 heavy (non-hydrogen) atoms. The van der Waals surface area contributed by atoms with Gasteiger partial charge in [-0.15, -0.1) is 0 Å². The summed E-state index contributed by atoms with van der Waals surface area (Å²) in [5, 5.41) is 12.0. The van der Waals surface area contributed by atoms with Crippen molar-refractivity contribution in [1.82, 2.24) is 0 Å². The summed E-state index contributed by atoms with van der Waals surface area (Å²) in [6.07, 6.45) is 0. The topological polar surface area (TPSA) is 49.3 Å². The summed E-state index contributed by atoms with van der Waals surface area (Å²) in [6, 6.07) is 3.55. The Morgan fingerprint density at radius 3 is 2.71 bits per heavy atom. The summed E-state index contributed by atoms with van der Waals surface area (Å²) in [5.74, 6) is -0.912. The molecule has 0 spiro atoms. The fraction of sp³-hybridized carbons (Fsp3) is 0.300. The number of aryl methyl sites for hydroxylation is 1. The molecule has 0 radical (unpaired) electrons. The maximum atomic E-state index is 10.9. The fourth-order valence-electron chi connectivity index (χ4n) is 1.27. The summed E-state index contributed by atoms with van der Waals surface area (Å²) in [5.41, 5.74) is 1.88. The van der Waals surface area contributed by atoms with E-state index in [2.05, 4.69) is 21.2 Å². The van der Waals surface area contributed by atoms with Gasteiger partial charge in [0.2, 0.25) is 0 Å². The first kappa shape index (κ1) is 11.0. The highest BCUT2D eigenvalue weighted by atomic mass is 79.9. The van der Waals surface area contributed by atoms with Crippen molar-refractivity contribution in [3.8, 4) is 0 Å². The monoisotopic (exact) mass is 257 g/mol. The standard InChI is InChI=1S/C10H12BrNO2/c1-3-12-9-7(10(13)14)4-6(2)5-8(9)11/h4-5,12H,3H2,1-2H3,(H,13,14). The molecule has 0 aliphatic heterocycles. The third kappa shape index (κ3) is 2.26. The summed E-state index contributed by atoms with van der Waals surface area (Å²) < 4.78 is 0.789. The summed E-state index contributed by atoms with van der Waals surface area (Å²) >= 11 is 3.34. The zero-order valence-corrected chi connectivity index (χ0v) is 9.68. The van der Waals surface area contributed by atoms with Crippen LogP contribution in [0, 0.1) is 6.92 Å². The number of nitrogens with one attached hydrogen (secondary N) is 1. The highest BCUT2D eigenvalue weighted by Gasteiger charge is 2.12. The van der Waals surface area contributed by atoms with Crippen molar-refractivity contribution in [3.63, 3.8) is 0 Å². The SMILES string of the molecule is CCNc1c(Br)cc(C)cc1C(=O)O. The van der Waals surface area contributed by atoms with E-state index in [4.69, 9.17) is 5.11 Å². The van der Waals surface area contributed by atoms with Crippen LogP contribution in [-0.2, 0) is 0 Å². The molecule has 0 amide bonds. The first-order valence-electron chi connectivity index (χ1n) is 4.33. The summed E-state index contributed by atoms with van der Waals surface area (Å²) in [7, 11) is 0. The summed E-state index contributed by atoms with van der Waals surface area (Å²) in [4.78, 5) is 10.9. The van der Waals surface area contributed by atoms with Crippen LogP contribution in [0.3, 0.4) is 0 Å². The van der Waals surface area contributed by atoms with E-state index in [-0.39, 0.29) is 0 Å². The van der Waals surface area contributed by atoms with Crippen LogP contribution in [0.2, 0.25) is 0 Å². The van der Waals surface area contributed by atoms with Gasteiger partial charge in [0.05, 0.1) is 11.3 Å². The Kier molecular flexibility index (Phi) is 3.52. The average molecular weight is 258 g/mol. The van der Waals surface area contributed by atoms with Crippen LogP contribution in [0.5, 0.6) is 0 Å². The average Bonchev–Trinajstić information content (AvgIpc) is 2.09. The molecular formula is C10H12BrNO2. The van der Waals surface area contributed by atoms with Crippen molar-refractivity contribution in [2.24, 2.45) is 0 Å². The minimum Gasteiger partial charge on any atom is -0.478 e. The third-order valence-corrected chi connectivity index (χ3v) is 2.44. The maximum Gasteiger partial charge on any atom is 0.337 e. The molecule has 2 N–H and O–H groups in total. The Morgan fingerprint density at radius 1 is 1.57 bits per heavy atom. The fourth-order valence-corrected chi connectivity index (χ4v) is 1.98. The molecule has 0 unspecified atom stereocenters. The zero-order valence-electron chi connectivity index (χ0n) is 8.10. The molecule has 4 heteroatoms. The van der Waals surface area contributed by atoms with Crippen LogP contribution in [0.15, 0.2) is 16.6 Å². The lowest BCUT2D eigenvalue weighted by atomic mass is 10.1. The lowest BCUT2D eigenvalue weighted by Gasteiger charge is -2.10. The summed E-state index contributed by atoms with van der Waals surface area (Å²) in [6.45, 7) is 4.49. The molecular weight excluding hydrogens is 246 g/mol. The van der Waals surface area contributed by atoms with Crippen molar-refractivity contribution >= 4 is 27.6 Å². The minimum atomic E-state index is -0.912. The van der Waals surface area contributed by atoms with Gasteiger partial charge in [0, 0.05) is 11.0 Å². The van der Waals surface area contributed by atoms with Crippen LogP contribution in [0.25, 0.3) is 0 Å². The van der Waals surface area contributed by atoms with Crippen LogP contribution in [0.1, 0.15) is 22.8 Å². The molecule has 0 saturated carbocycles. The number of benzene rings is 1. The molecule has 0 aromatic heterocycles. The van der Waals surface area contributed by atoms with Gasteiger partial charge in [-0.2, -0.15) is 0 Å². The van der Waals surface area contributed by atoms with Crippen molar-refractivity contribution in [2.45, 2.75) is 13.8 Å². The molecule has 0 atom stereocenters. The molecule has 0 saturated heterocycles. The van der Waals surface area contributed by atoms with Crippen molar-refractivity contribution in [3.05, 3.63) is 27.7 Å². The molecule has 0 bridgehead atoms. The van der Waals surface area contributed by atoms with E-state index in [1.807, 2.05) is 19.9 Å². The van der Waals surface area contributed by atoms with Crippen LogP contribution in [-0.4, -0.2) is 17.6 Å². The number of hydrogen-bond acceptors (Lipinski definition) is 2. The predicted molar refractivity (Wildman–Crippen MR) is 60.0 cm³/mol. The number of hydrogen-bond donors (Lipinski definition) is 2. The van der Waals surface area contributed by atoms with Gasteiger partial charge < -0.3 is 10.4 Å². The first-order chi connectivity index (χ1) is 6.56. The molecule has 3 nitrogen and oxygen atoms in total. The highest BCUT2D eigenvalue weighted by Crippen LogP contribution is 2.28. The van der Waals surface area contributed by atoms with Gasteiger partial charge in [0.15, 0.2) is 0 Å². The van der Waals surface area contributed by atoms with Crippen molar-refractivity contribution in [1.29, 1.82) is 0 Å². The second-order valence-electron chi connectivity index (χ2n) is 3.00. The molecule has 1 aromatic carbocycles. The van der Waals surface area contributed by atoms with Gasteiger partial charge in [-0.05, 0) is 47.5 Å². The molecule has 0 aliphatic carbocycles. The Hall–Kier alpha value is -1.03. The number of anilines is 1. The highest BCUT2D eigenvalue weighted by molar-refractivity contribution is 9.10. The Labute approximate surface area is 91.3 Å². The molecule has 76 valence electrons. The van der Waals surface area contributed by atoms with Gasteiger partial charge in [-0.3, -0.25) is 0 Å². The van der Waals surface area contributed by atoms with Crippen LogP contribution < -0.4 is 5.32 Å². The van der Waals surface area contributed by atoms with Crippen molar-refractivity contribution in [2.75, 3.05) is 11.9 Å². The van der Waals surface area contributed by atoms with Gasteiger partial charge in [0.25, 0.3) is 0 Å². The predicted octanol–water partition coefficient (Wildman–Crippen LogP) is 2.89. The number of carboxylic acid groups (broad SMARTS) is 1. The van der Waals surface area contributed by atoms with Gasteiger partial charge >= 0.3 is 5.97 Å². The normalized spacial score (nSPS) is 9.93. The second kappa shape index (κ2) is 4.46. The Balaban J connectivity index is 3.28. The Bertz CT molecular complexity index is 363. The van der Waals surface area contributed by atoms with E-state index in [0.717, 1.165) is 10.0 Å². The lowest BCUT2D eigenvalue weighted by molar-refractivity contribution is 0.0698. The van der Waals surface area contributed by atoms with Crippen LogP contribution in [0.4, 0.5) is 5.69 Å². The molecule has 0 aliphatic rings. The van der Waals surface area contributed by atoms with E-state index in [0.29, 0.717) is 17.8 Å². The number of aromatic carboxylic acids is 1. The number of rotatable bonds is 3. The second-order valence-corrected chi connectivity index (χ2v) is 3.86. The quantitative estimate of drug-likeness (QED) is 0.876. The smallest absolute Gasteiger partial charge is 0.337 e. The number of halogens is 1. The largest absolute Gasteiger partial charge is 0.478 e. The van der Waals surface area contributed by atoms with E-state index < -0.39 is 5.97 Å². The van der Waals surface area contributed by atoms with Gasteiger partial charge in [-0.1, -0.05) is 0 Å². The molecule has 0 fully saturated rings. The van der Waals surface area contributed by atoms with Crippen LogP contribution >= 0.6 is 15.9 Å². The van der Waals surface area contributed by atoms with Crippen molar-refractivity contribution < 1.29 is 9.90 Å². The van der Waals surface area contributed by atoms with Gasteiger partial charge in [-0.25, -0.2) is 4.79 Å². The minimum absolute atomic E-state index is 0.304. The lowest BCUT2D eigenvalue weighted by Crippen LogP contribution is -2.07. The number of carboxylic acids is 1. The first-order valence-corrected chi connectivity index (χ1v) is 5.13. The Morgan fingerprint density at radius 2 is 2.21 bits per heavy atom. The zero-order chi connectivity index (χ0) is 10.7. The molecule has 1 aromatic rings. The molecule has 0 heterocycles. The van der Waals surface area contributed by atoms with E-state index in [1.54, 1.807) is 6.07 Å². The van der Waals surface area contributed by atoms with Gasteiger partial charge in [0.1, 0.15) is 0 Å². The third-order valence-electron chi connectivity index (χ3n) is 1.82. The maximum absolute atomic E-state index is 10.9. The molecule has 1 rings (SSSR count). The number of carbonyl (C=O) groups is 1. The van der Waals surface area contributed by atoms with E-state index in [9.17, 15) is 4.79 Å². The van der Waals surface area contributed by atoms with E-state index in [1.165, 1.54) is 0 Å².